The van der Waals surface area contributed by atoms with Crippen molar-refractivity contribution >= 4 is 5.91 Å². The van der Waals surface area contributed by atoms with Crippen LogP contribution in [0, 0.1) is 11.6 Å². The minimum Gasteiger partial charge on any atom is -0.387 e. The van der Waals surface area contributed by atoms with Crippen molar-refractivity contribution in [1.29, 1.82) is 0 Å². The topological polar surface area (TPSA) is 61.8 Å². The largest absolute Gasteiger partial charge is 0.387 e. The van der Waals surface area contributed by atoms with Gasteiger partial charge in [-0.2, -0.15) is 0 Å². The van der Waals surface area contributed by atoms with Gasteiger partial charge in [0, 0.05) is 31.7 Å². The van der Waals surface area contributed by atoms with Gasteiger partial charge in [-0.1, -0.05) is 12.1 Å². The smallest absolute Gasteiger partial charge is 0.224 e. The fraction of sp³-hybridized carbons (Fsp3) is 0.562. The number of nitrogens with one attached hydrogen (secondary N) is 1. The molecule has 0 radical (unpaired) electrons. The van der Waals surface area contributed by atoms with Crippen LogP contribution in [0.1, 0.15) is 12.5 Å². The monoisotopic (exact) mass is 328 g/mol. The predicted molar refractivity (Wildman–Crippen MR) is 81.0 cm³/mol. The van der Waals surface area contributed by atoms with Crippen LogP contribution < -0.4 is 5.32 Å². The zero-order valence-electron chi connectivity index (χ0n) is 13.1. The van der Waals surface area contributed by atoms with Gasteiger partial charge < -0.3 is 15.2 Å². The lowest BCUT2D eigenvalue weighted by molar-refractivity contribution is -0.122. The van der Waals surface area contributed by atoms with Crippen molar-refractivity contribution in [3.8, 4) is 0 Å². The predicted octanol–water partition coefficient (Wildman–Crippen LogP) is 0.707. The van der Waals surface area contributed by atoms with Crippen molar-refractivity contribution < 1.29 is 23.4 Å². The first-order valence-electron chi connectivity index (χ1n) is 7.59. The third-order valence-corrected chi connectivity index (χ3v) is 3.72. The molecule has 1 unspecified atom stereocenters. The Bertz CT molecular complexity index is 546. The number of morpholine rings is 1. The number of hydrogen-bond acceptors (Lipinski definition) is 4. The number of benzene rings is 1. The Balaban J connectivity index is 1.81. The van der Waals surface area contributed by atoms with Crippen molar-refractivity contribution in [2.75, 3.05) is 39.4 Å². The van der Waals surface area contributed by atoms with E-state index in [0.29, 0.717) is 19.8 Å². The van der Waals surface area contributed by atoms with E-state index in [2.05, 4.69) is 10.2 Å². The maximum Gasteiger partial charge on any atom is 0.224 e. The van der Waals surface area contributed by atoms with Crippen molar-refractivity contribution in [2.24, 2.45) is 0 Å². The summed E-state index contributed by atoms with van der Waals surface area (Å²) in [7, 11) is 0. The fourth-order valence-corrected chi connectivity index (χ4v) is 2.51. The lowest BCUT2D eigenvalue weighted by atomic mass is 10.1. The lowest BCUT2D eigenvalue weighted by Crippen LogP contribution is -2.51. The van der Waals surface area contributed by atoms with Gasteiger partial charge in [0.1, 0.15) is 0 Å². The van der Waals surface area contributed by atoms with Crippen molar-refractivity contribution in [1.82, 2.24) is 10.2 Å². The molecule has 0 bridgehead atoms. The van der Waals surface area contributed by atoms with Crippen molar-refractivity contribution in [2.45, 2.75) is 18.9 Å². The summed E-state index contributed by atoms with van der Waals surface area (Å²) in [5.74, 6) is -2.45. The van der Waals surface area contributed by atoms with Crippen LogP contribution in [-0.2, 0) is 16.0 Å². The third kappa shape index (κ3) is 5.53. The molecule has 1 saturated heterocycles. The number of amides is 1. The molecule has 1 heterocycles. The van der Waals surface area contributed by atoms with Gasteiger partial charge in [0.15, 0.2) is 11.6 Å². The maximum absolute atomic E-state index is 13.5. The van der Waals surface area contributed by atoms with Gasteiger partial charge in [-0.15, -0.1) is 0 Å². The van der Waals surface area contributed by atoms with E-state index in [1.54, 1.807) is 6.92 Å². The molecule has 23 heavy (non-hydrogen) atoms. The number of rotatable bonds is 6. The van der Waals surface area contributed by atoms with Gasteiger partial charge in [-0.05, 0) is 13.0 Å². The highest BCUT2D eigenvalue weighted by Gasteiger charge is 2.26. The Morgan fingerprint density at radius 1 is 1.39 bits per heavy atom. The lowest BCUT2D eigenvalue weighted by Gasteiger charge is -2.33. The molecule has 1 aromatic rings. The van der Waals surface area contributed by atoms with Crippen LogP contribution in [0.15, 0.2) is 18.2 Å². The van der Waals surface area contributed by atoms with E-state index in [1.807, 2.05) is 0 Å². The Kier molecular flexibility index (Phi) is 6.04. The van der Waals surface area contributed by atoms with E-state index >= 15 is 0 Å². The second-order valence-electron chi connectivity index (χ2n) is 6.05. The first-order valence-corrected chi connectivity index (χ1v) is 7.59. The molecule has 2 N–H and O–H groups in total. The Hall–Kier alpha value is -1.57. The summed E-state index contributed by atoms with van der Waals surface area (Å²) in [5.41, 5.74) is -1.11. The second kappa shape index (κ2) is 7.81. The number of hydrogen-bond donors (Lipinski definition) is 2. The number of ether oxygens (including phenoxy) is 1. The van der Waals surface area contributed by atoms with Gasteiger partial charge in [0.05, 0.1) is 25.2 Å². The first-order chi connectivity index (χ1) is 10.9. The van der Waals surface area contributed by atoms with Gasteiger partial charge in [0.25, 0.3) is 0 Å². The number of nitrogens with zero attached hydrogens (tertiary/aromatic N) is 1. The van der Waals surface area contributed by atoms with Gasteiger partial charge in [-0.3, -0.25) is 9.69 Å². The normalized spacial score (nSPS) is 18.4. The summed E-state index contributed by atoms with van der Waals surface area (Å²) in [6, 6.07) is 3.73. The first kappa shape index (κ1) is 17.8. The molecule has 1 aliphatic rings. The summed E-state index contributed by atoms with van der Waals surface area (Å²) in [6.07, 6.45) is -0.267. The number of carbonyl (C=O) groups is 1. The molecule has 5 nitrogen and oxygen atoms in total. The number of halogens is 2. The molecule has 1 amide bonds. The minimum absolute atomic E-state index is 0.00433. The number of carbonyl (C=O) groups excluding carboxylic acids is 1. The van der Waals surface area contributed by atoms with Gasteiger partial charge in [-0.25, -0.2) is 8.78 Å². The summed E-state index contributed by atoms with van der Waals surface area (Å²) in [5, 5.41) is 12.9. The molecular weight excluding hydrogens is 306 g/mol. The van der Waals surface area contributed by atoms with Crippen LogP contribution in [0.25, 0.3) is 0 Å². The van der Waals surface area contributed by atoms with Crippen LogP contribution in [0.4, 0.5) is 8.78 Å². The van der Waals surface area contributed by atoms with Crippen LogP contribution >= 0.6 is 0 Å². The van der Waals surface area contributed by atoms with E-state index in [1.165, 1.54) is 12.1 Å². The summed E-state index contributed by atoms with van der Waals surface area (Å²) < 4.78 is 31.9. The SMILES string of the molecule is CC(O)(CNC(=O)Cc1cccc(F)c1F)CN1CCOCC1. The molecule has 1 fully saturated rings. The summed E-state index contributed by atoms with van der Waals surface area (Å²) >= 11 is 0. The van der Waals surface area contributed by atoms with Crippen LogP contribution in [0.2, 0.25) is 0 Å². The van der Waals surface area contributed by atoms with E-state index in [9.17, 15) is 18.7 Å². The Labute approximate surface area is 134 Å². The molecule has 7 heteroatoms. The van der Waals surface area contributed by atoms with E-state index < -0.39 is 23.1 Å². The number of aliphatic hydroxyl groups is 1. The Morgan fingerprint density at radius 2 is 2.09 bits per heavy atom. The highest BCUT2D eigenvalue weighted by atomic mass is 19.2. The molecule has 1 aliphatic heterocycles. The zero-order valence-corrected chi connectivity index (χ0v) is 13.1. The van der Waals surface area contributed by atoms with Crippen molar-refractivity contribution in [3.63, 3.8) is 0 Å². The molecule has 0 saturated carbocycles. The molecule has 1 aromatic carbocycles. The van der Waals surface area contributed by atoms with E-state index in [0.717, 1.165) is 19.2 Å². The number of β-amino-alcohol motifs (C(OH)–C–C–N with tert-alkyl or cyclic N) is 1. The highest BCUT2D eigenvalue weighted by Crippen LogP contribution is 2.12. The molecule has 0 spiro atoms. The second-order valence-corrected chi connectivity index (χ2v) is 6.05. The van der Waals surface area contributed by atoms with Gasteiger partial charge >= 0.3 is 0 Å². The van der Waals surface area contributed by atoms with E-state index in [-0.39, 0.29) is 18.5 Å². The van der Waals surface area contributed by atoms with Crippen molar-refractivity contribution in [3.05, 3.63) is 35.4 Å². The molecule has 0 aromatic heterocycles. The van der Waals surface area contributed by atoms with Crippen LogP contribution in [-0.4, -0.2) is 60.9 Å². The Morgan fingerprint density at radius 3 is 2.78 bits per heavy atom. The average molecular weight is 328 g/mol. The van der Waals surface area contributed by atoms with E-state index in [4.69, 9.17) is 4.74 Å². The highest BCUT2D eigenvalue weighted by molar-refractivity contribution is 5.78. The standard InChI is InChI=1S/C16H22F2N2O3/c1-16(22,11-20-5-7-23-8-6-20)10-19-14(21)9-12-3-2-4-13(17)15(12)18/h2-4,22H,5-11H2,1H3,(H,19,21). The summed E-state index contributed by atoms with van der Waals surface area (Å²) in [4.78, 5) is 13.9. The van der Waals surface area contributed by atoms with Gasteiger partial charge in [0.2, 0.25) is 5.91 Å². The molecule has 2 rings (SSSR count). The van der Waals surface area contributed by atoms with Crippen LogP contribution in [0.3, 0.4) is 0 Å². The average Bonchev–Trinajstić information content (AvgIpc) is 2.51. The molecule has 128 valence electrons. The quantitative estimate of drug-likeness (QED) is 0.807. The fourth-order valence-electron chi connectivity index (χ4n) is 2.51. The molecular formula is C16H22F2N2O3. The minimum atomic E-state index is -1.10. The van der Waals surface area contributed by atoms with Crippen LogP contribution in [0.5, 0.6) is 0 Å². The zero-order chi connectivity index (χ0) is 16.9. The third-order valence-electron chi connectivity index (χ3n) is 3.72. The maximum atomic E-state index is 13.5. The molecule has 1 atom stereocenters. The molecule has 0 aliphatic carbocycles. The summed E-state index contributed by atoms with van der Waals surface area (Å²) in [6.45, 7) is 4.80.